The highest BCUT2D eigenvalue weighted by Gasteiger charge is 2.20. The van der Waals surface area contributed by atoms with Crippen molar-refractivity contribution in [2.45, 2.75) is 32.4 Å². The number of thiophene rings is 1. The molecule has 2 aromatic rings. The second-order valence-corrected chi connectivity index (χ2v) is 6.03. The predicted octanol–water partition coefficient (Wildman–Crippen LogP) is 4.11. The van der Waals surface area contributed by atoms with Gasteiger partial charge in [-0.2, -0.15) is 0 Å². The summed E-state index contributed by atoms with van der Waals surface area (Å²) >= 11 is 1.66. The van der Waals surface area contributed by atoms with Crippen LogP contribution in [0, 0.1) is 12.7 Å². The van der Waals surface area contributed by atoms with Crippen LogP contribution < -0.4 is 5.32 Å². The quantitative estimate of drug-likeness (QED) is 0.873. The molecule has 1 saturated carbocycles. The summed E-state index contributed by atoms with van der Waals surface area (Å²) in [5.41, 5.74) is 2.86. The van der Waals surface area contributed by atoms with Gasteiger partial charge in [-0.05, 0) is 54.5 Å². The molecule has 0 bridgehead atoms. The van der Waals surface area contributed by atoms with Crippen molar-refractivity contribution in [2.24, 2.45) is 0 Å². The Morgan fingerprint density at radius 1 is 1.33 bits per heavy atom. The van der Waals surface area contributed by atoms with Crippen LogP contribution in [0.15, 0.2) is 29.6 Å². The van der Waals surface area contributed by atoms with Gasteiger partial charge in [-0.15, -0.1) is 11.3 Å². The minimum absolute atomic E-state index is 0.136. The lowest BCUT2D eigenvalue weighted by Crippen LogP contribution is -2.15. The van der Waals surface area contributed by atoms with Gasteiger partial charge < -0.3 is 5.32 Å². The second kappa shape index (κ2) is 4.82. The first-order chi connectivity index (χ1) is 8.72. The zero-order valence-electron chi connectivity index (χ0n) is 10.4. The number of hydrogen-bond acceptors (Lipinski definition) is 2. The van der Waals surface area contributed by atoms with Crippen LogP contribution >= 0.6 is 11.3 Å². The van der Waals surface area contributed by atoms with Gasteiger partial charge in [-0.3, -0.25) is 0 Å². The molecule has 1 aliphatic rings. The summed E-state index contributed by atoms with van der Waals surface area (Å²) in [4.78, 5) is 1.21. The molecule has 18 heavy (non-hydrogen) atoms. The SMILES string of the molecule is Cc1cc(-c2cc(CNC3CC3)ccc2F)cs1. The van der Waals surface area contributed by atoms with Crippen LogP contribution in [0.5, 0.6) is 0 Å². The fraction of sp³-hybridized carbons (Fsp3) is 0.333. The molecule has 1 N–H and O–H groups in total. The maximum atomic E-state index is 13.9. The summed E-state index contributed by atoms with van der Waals surface area (Å²) in [6.07, 6.45) is 2.55. The minimum atomic E-state index is -0.136. The molecule has 1 nitrogen and oxygen atoms in total. The molecular formula is C15H16FNS. The molecule has 94 valence electrons. The number of benzene rings is 1. The Morgan fingerprint density at radius 3 is 2.83 bits per heavy atom. The van der Waals surface area contributed by atoms with E-state index in [1.54, 1.807) is 17.4 Å². The van der Waals surface area contributed by atoms with Crippen molar-refractivity contribution in [3.63, 3.8) is 0 Å². The Kier molecular flexibility index (Phi) is 3.18. The summed E-state index contributed by atoms with van der Waals surface area (Å²) < 4.78 is 13.9. The van der Waals surface area contributed by atoms with Gasteiger partial charge in [0.05, 0.1) is 0 Å². The van der Waals surface area contributed by atoms with Gasteiger partial charge in [0.15, 0.2) is 0 Å². The fourth-order valence-corrected chi connectivity index (χ4v) is 2.74. The monoisotopic (exact) mass is 261 g/mol. The Morgan fingerprint density at radius 2 is 2.17 bits per heavy atom. The summed E-state index contributed by atoms with van der Waals surface area (Å²) in [5, 5.41) is 5.48. The molecule has 0 atom stereocenters. The average Bonchev–Trinajstić information content (AvgIpc) is 3.10. The molecule has 0 radical (unpaired) electrons. The highest BCUT2D eigenvalue weighted by Crippen LogP contribution is 2.28. The Labute approximate surface area is 111 Å². The van der Waals surface area contributed by atoms with Crippen LogP contribution in [0.3, 0.4) is 0 Å². The third kappa shape index (κ3) is 2.62. The molecule has 3 heteroatoms. The van der Waals surface area contributed by atoms with Gasteiger partial charge in [0, 0.05) is 23.0 Å². The number of hydrogen-bond donors (Lipinski definition) is 1. The van der Waals surface area contributed by atoms with E-state index in [1.165, 1.54) is 17.7 Å². The van der Waals surface area contributed by atoms with E-state index < -0.39 is 0 Å². The lowest BCUT2D eigenvalue weighted by atomic mass is 10.0. The molecule has 1 aromatic carbocycles. The summed E-state index contributed by atoms with van der Waals surface area (Å²) in [6, 6.07) is 8.13. The van der Waals surface area contributed by atoms with Crippen LogP contribution in [0.2, 0.25) is 0 Å². The first-order valence-electron chi connectivity index (χ1n) is 6.30. The molecule has 1 aromatic heterocycles. The van der Waals surface area contributed by atoms with Gasteiger partial charge in [0.1, 0.15) is 5.82 Å². The van der Waals surface area contributed by atoms with Crippen molar-refractivity contribution < 1.29 is 4.39 Å². The third-order valence-electron chi connectivity index (χ3n) is 3.24. The largest absolute Gasteiger partial charge is 0.310 e. The first-order valence-corrected chi connectivity index (χ1v) is 7.17. The molecule has 1 heterocycles. The highest BCUT2D eigenvalue weighted by atomic mass is 32.1. The van der Waals surface area contributed by atoms with Crippen molar-refractivity contribution in [3.8, 4) is 11.1 Å². The maximum Gasteiger partial charge on any atom is 0.131 e. The maximum absolute atomic E-state index is 13.9. The van der Waals surface area contributed by atoms with Gasteiger partial charge in [-0.25, -0.2) is 4.39 Å². The molecule has 0 aliphatic heterocycles. The van der Waals surface area contributed by atoms with E-state index in [1.807, 2.05) is 30.5 Å². The van der Waals surface area contributed by atoms with Crippen LogP contribution in [0.25, 0.3) is 11.1 Å². The van der Waals surface area contributed by atoms with Crippen molar-refractivity contribution >= 4 is 11.3 Å². The van der Waals surface area contributed by atoms with E-state index in [0.717, 1.165) is 23.2 Å². The van der Waals surface area contributed by atoms with Gasteiger partial charge >= 0.3 is 0 Å². The molecule has 1 fully saturated rings. The van der Waals surface area contributed by atoms with Crippen LogP contribution in [0.4, 0.5) is 4.39 Å². The number of halogens is 1. The normalized spacial score (nSPS) is 15.0. The molecule has 3 rings (SSSR count). The zero-order valence-corrected chi connectivity index (χ0v) is 11.2. The standard InChI is InChI=1S/C15H16FNS/c1-10-6-12(9-18-10)14-7-11(2-5-15(14)16)8-17-13-3-4-13/h2,5-7,9,13,17H,3-4,8H2,1H3. The zero-order chi connectivity index (χ0) is 12.5. The van der Waals surface area contributed by atoms with Gasteiger partial charge in [0.25, 0.3) is 0 Å². The van der Waals surface area contributed by atoms with Gasteiger partial charge in [0.2, 0.25) is 0 Å². The second-order valence-electron chi connectivity index (χ2n) is 4.92. The van der Waals surface area contributed by atoms with Crippen LogP contribution in [-0.4, -0.2) is 6.04 Å². The first kappa shape index (κ1) is 11.9. The Bertz CT molecular complexity index is 557. The van der Waals surface area contributed by atoms with Crippen molar-refractivity contribution in [3.05, 3.63) is 45.9 Å². The van der Waals surface area contributed by atoms with Crippen molar-refractivity contribution in [1.82, 2.24) is 5.32 Å². The summed E-state index contributed by atoms with van der Waals surface area (Å²) in [5.74, 6) is -0.136. The summed E-state index contributed by atoms with van der Waals surface area (Å²) in [7, 11) is 0. The molecule has 0 unspecified atom stereocenters. The van der Waals surface area contributed by atoms with Crippen molar-refractivity contribution in [2.75, 3.05) is 0 Å². The highest BCUT2D eigenvalue weighted by molar-refractivity contribution is 7.10. The predicted molar refractivity (Wildman–Crippen MR) is 74.3 cm³/mol. The Balaban J connectivity index is 1.85. The minimum Gasteiger partial charge on any atom is -0.310 e. The smallest absolute Gasteiger partial charge is 0.131 e. The lowest BCUT2D eigenvalue weighted by Gasteiger charge is -2.06. The summed E-state index contributed by atoms with van der Waals surface area (Å²) in [6.45, 7) is 2.88. The average molecular weight is 261 g/mol. The van der Waals surface area contributed by atoms with Crippen LogP contribution in [-0.2, 0) is 6.54 Å². The molecule has 0 spiro atoms. The van der Waals surface area contributed by atoms with E-state index in [9.17, 15) is 4.39 Å². The van der Waals surface area contributed by atoms with Crippen molar-refractivity contribution in [1.29, 1.82) is 0 Å². The number of aryl methyl sites for hydroxylation is 1. The van der Waals surface area contributed by atoms with Crippen LogP contribution in [0.1, 0.15) is 23.3 Å². The van der Waals surface area contributed by atoms with E-state index in [2.05, 4.69) is 5.32 Å². The topological polar surface area (TPSA) is 12.0 Å². The molecule has 1 aliphatic carbocycles. The van der Waals surface area contributed by atoms with Gasteiger partial charge in [-0.1, -0.05) is 6.07 Å². The van der Waals surface area contributed by atoms with E-state index in [-0.39, 0.29) is 5.82 Å². The van der Waals surface area contributed by atoms with E-state index in [0.29, 0.717) is 6.04 Å². The fourth-order valence-electron chi connectivity index (χ4n) is 2.04. The molecule has 0 saturated heterocycles. The number of nitrogens with one attached hydrogen (secondary N) is 1. The van der Waals surface area contributed by atoms with E-state index >= 15 is 0 Å². The third-order valence-corrected chi connectivity index (χ3v) is 4.11. The van der Waals surface area contributed by atoms with E-state index in [4.69, 9.17) is 0 Å². The lowest BCUT2D eigenvalue weighted by molar-refractivity contribution is 0.628. The molecular weight excluding hydrogens is 245 g/mol. The molecule has 0 amide bonds. The Hall–Kier alpha value is -1.19. The number of rotatable bonds is 4.